The molecule has 0 saturated heterocycles. The van der Waals surface area contributed by atoms with Crippen molar-refractivity contribution < 1.29 is 9.59 Å². The zero-order chi connectivity index (χ0) is 13.8. The zero-order valence-electron chi connectivity index (χ0n) is 9.72. The van der Waals surface area contributed by atoms with Gasteiger partial charge in [-0.15, -0.1) is 11.3 Å². The van der Waals surface area contributed by atoms with Crippen LogP contribution in [0.5, 0.6) is 0 Å². The number of anilines is 1. The summed E-state index contributed by atoms with van der Waals surface area (Å²) in [5, 5.41) is 3.09. The predicted molar refractivity (Wildman–Crippen MR) is 76.8 cm³/mol. The van der Waals surface area contributed by atoms with Gasteiger partial charge in [-0.05, 0) is 18.2 Å². The molecule has 0 bridgehead atoms. The van der Waals surface area contributed by atoms with Crippen LogP contribution in [0.1, 0.15) is 9.67 Å². The molecule has 0 unspecified atom stereocenters. The van der Waals surface area contributed by atoms with Gasteiger partial charge in [-0.25, -0.2) is 0 Å². The molecular formula is C13H9ClN2O2S. The molecule has 0 aliphatic rings. The fourth-order valence-corrected chi connectivity index (χ4v) is 2.55. The zero-order valence-corrected chi connectivity index (χ0v) is 11.3. The Labute approximate surface area is 118 Å². The maximum Gasteiger partial charge on any atom is 0.247 e. The van der Waals surface area contributed by atoms with Crippen molar-refractivity contribution in [2.75, 3.05) is 5.32 Å². The number of carbonyl (C=O) groups is 2. The highest BCUT2D eigenvalue weighted by atomic mass is 35.5. The van der Waals surface area contributed by atoms with Crippen molar-refractivity contribution >= 4 is 40.8 Å². The van der Waals surface area contributed by atoms with Gasteiger partial charge in [0, 0.05) is 22.8 Å². The average Bonchev–Trinajstić information content (AvgIpc) is 2.81. The Bertz CT molecular complexity index is 652. The van der Waals surface area contributed by atoms with Crippen LogP contribution in [0, 0.1) is 0 Å². The summed E-state index contributed by atoms with van der Waals surface area (Å²) in [6, 6.07) is 3.46. The first-order valence-corrected chi connectivity index (χ1v) is 6.47. The van der Waals surface area contributed by atoms with E-state index in [1.807, 2.05) is 0 Å². The van der Waals surface area contributed by atoms with Gasteiger partial charge in [0.1, 0.15) is 0 Å². The number of amides is 1. The van der Waals surface area contributed by atoms with Gasteiger partial charge in [0.25, 0.3) is 0 Å². The number of hydrogen-bond donors (Lipinski definition) is 1. The number of hydrogen-bond acceptors (Lipinski definition) is 4. The number of pyridine rings is 1. The van der Waals surface area contributed by atoms with E-state index in [-0.39, 0.29) is 5.91 Å². The normalized spacial score (nSPS) is 9.95. The van der Waals surface area contributed by atoms with E-state index >= 15 is 0 Å². The lowest BCUT2D eigenvalue weighted by Gasteiger charge is -1.98. The van der Waals surface area contributed by atoms with Crippen LogP contribution in [0.3, 0.4) is 0 Å². The van der Waals surface area contributed by atoms with Crippen molar-refractivity contribution in [2.24, 2.45) is 0 Å². The molecule has 2 aromatic rings. The van der Waals surface area contributed by atoms with Crippen LogP contribution < -0.4 is 5.32 Å². The van der Waals surface area contributed by atoms with Gasteiger partial charge in [-0.1, -0.05) is 18.2 Å². The Balaban J connectivity index is 2.40. The molecule has 0 fully saturated rings. The van der Waals surface area contributed by atoms with Gasteiger partial charge in [0.15, 0.2) is 6.29 Å². The van der Waals surface area contributed by atoms with Crippen molar-refractivity contribution in [1.82, 2.24) is 4.98 Å². The largest absolute Gasteiger partial charge is 0.321 e. The van der Waals surface area contributed by atoms with E-state index in [0.717, 1.165) is 16.5 Å². The predicted octanol–water partition coefficient (Wildman–Crippen LogP) is 3.40. The smallest absolute Gasteiger partial charge is 0.247 e. The monoisotopic (exact) mass is 292 g/mol. The molecule has 0 atom stereocenters. The molecule has 4 nitrogen and oxygen atoms in total. The molecule has 0 aliphatic heterocycles. The van der Waals surface area contributed by atoms with Crippen LogP contribution >= 0.6 is 22.9 Å². The number of thiophene rings is 1. The third-order valence-corrected chi connectivity index (χ3v) is 3.62. The molecule has 6 heteroatoms. The molecule has 0 spiro atoms. The summed E-state index contributed by atoms with van der Waals surface area (Å²) in [6.07, 6.45) is 5.02. The van der Waals surface area contributed by atoms with Crippen molar-refractivity contribution in [3.63, 3.8) is 0 Å². The van der Waals surface area contributed by atoms with Crippen LogP contribution in [-0.2, 0) is 4.79 Å². The minimum absolute atomic E-state index is 0.364. The second-order valence-corrected chi connectivity index (χ2v) is 5.11. The van der Waals surface area contributed by atoms with Gasteiger partial charge < -0.3 is 5.32 Å². The molecule has 0 aliphatic carbocycles. The summed E-state index contributed by atoms with van der Waals surface area (Å²) in [7, 11) is 0. The van der Waals surface area contributed by atoms with Crippen LogP contribution in [0.25, 0.3) is 10.4 Å². The Morgan fingerprint density at radius 3 is 2.84 bits per heavy atom. The molecule has 1 amide bonds. The van der Waals surface area contributed by atoms with Crippen molar-refractivity contribution in [3.8, 4) is 10.4 Å². The van der Waals surface area contributed by atoms with Crippen molar-refractivity contribution in [3.05, 3.63) is 47.1 Å². The Morgan fingerprint density at radius 1 is 1.42 bits per heavy atom. The highest BCUT2D eigenvalue weighted by Gasteiger charge is 2.12. The number of nitrogens with zero attached hydrogens (tertiary/aromatic N) is 1. The maximum atomic E-state index is 11.3. The maximum absolute atomic E-state index is 11.3. The van der Waals surface area contributed by atoms with E-state index in [0.29, 0.717) is 21.9 Å². The number of halogens is 1. The number of rotatable bonds is 4. The summed E-state index contributed by atoms with van der Waals surface area (Å²) >= 11 is 7.13. The quantitative estimate of drug-likeness (QED) is 0.694. The molecule has 1 N–H and O–H groups in total. The highest BCUT2D eigenvalue weighted by molar-refractivity contribution is 7.17. The van der Waals surface area contributed by atoms with Crippen LogP contribution in [-0.4, -0.2) is 17.2 Å². The lowest BCUT2D eigenvalue weighted by Crippen LogP contribution is -2.07. The molecule has 2 heterocycles. The second kappa shape index (κ2) is 5.77. The SMILES string of the molecule is C=CC(=O)Nc1cc(-c2cncc(Cl)c2)sc1C=O. The molecule has 2 rings (SSSR count). The Hall–Kier alpha value is -1.98. The molecule has 96 valence electrons. The van der Waals surface area contributed by atoms with E-state index in [9.17, 15) is 9.59 Å². The van der Waals surface area contributed by atoms with E-state index < -0.39 is 0 Å². The highest BCUT2D eigenvalue weighted by Crippen LogP contribution is 2.34. The average molecular weight is 293 g/mol. The summed E-state index contributed by atoms with van der Waals surface area (Å²) in [6.45, 7) is 3.36. The van der Waals surface area contributed by atoms with Gasteiger partial charge in [-0.3, -0.25) is 14.6 Å². The summed E-state index contributed by atoms with van der Waals surface area (Å²) in [5.41, 5.74) is 1.25. The number of aromatic nitrogens is 1. The molecule has 2 aromatic heterocycles. The molecule has 0 radical (unpaired) electrons. The Kier molecular flexibility index (Phi) is 4.09. The van der Waals surface area contributed by atoms with Gasteiger partial charge in [0.05, 0.1) is 15.6 Å². The van der Waals surface area contributed by atoms with E-state index in [1.165, 1.54) is 17.5 Å². The number of nitrogens with one attached hydrogen (secondary N) is 1. The van der Waals surface area contributed by atoms with Crippen LogP contribution in [0.4, 0.5) is 5.69 Å². The fourth-order valence-electron chi connectivity index (χ4n) is 1.46. The minimum Gasteiger partial charge on any atom is -0.321 e. The van der Waals surface area contributed by atoms with Gasteiger partial charge >= 0.3 is 0 Å². The van der Waals surface area contributed by atoms with E-state index in [4.69, 9.17) is 11.6 Å². The molecule has 19 heavy (non-hydrogen) atoms. The summed E-state index contributed by atoms with van der Waals surface area (Å²) < 4.78 is 0. The molecular weight excluding hydrogens is 284 g/mol. The summed E-state index contributed by atoms with van der Waals surface area (Å²) in [5.74, 6) is -0.364. The first-order valence-electron chi connectivity index (χ1n) is 5.27. The lowest BCUT2D eigenvalue weighted by atomic mass is 10.2. The van der Waals surface area contributed by atoms with Crippen LogP contribution in [0.2, 0.25) is 5.02 Å². The van der Waals surface area contributed by atoms with Gasteiger partial charge in [-0.2, -0.15) is 0 Å². The van der Waals surface area contributed by atoms with Crippen LogP contribution in [0.15, 0.2) is 37.2 Å². The minimum atomic E-state index is -0.364. The number of carbonyl (C=O) groups excluding carboxylic acids is 2. The van der Waals surface area contributed by atoms with E-state index in [1.54, 1.807) is 18.3 Å². The second-order valence-electron chi connectivity index (χ2n) is 3.59. The third kappa shape index (κ3) is 3.07. The third-order valence-electron chi connectivity index (χ3n) is 2.30. The first kappa shape index (κ1) is 13.5. The lowest BCUT2D eigenvalue weighted by molar-refractivity contribution is -0.111. The fraction of sp³-hybridized carbons (Fsp3) is 0. The topological polar surface area (TPSA) is 59.1 Å². The number of aldehydes is 1. The van der Waals surface area contributed by atoms with Gasteiger partial charge in [0.2, 0.25) is 5.91 Å². The van der Waals surface area contributed by atoms with Crippen molar-refractivity contribution in [2.45, 2.75) is 0 Å². The van der Waals surface area contributed by atoms with E-state index in [2.05, 4.69) is 16.9 Å². The standard InChI is InChI=1S/C13H9ClN2O2S/c1-2-13(18)16-10-4-11(19-12(10)7-17)8-3-9(14)6-15-5-8/h2-7H,1H2,(H,16,18). The Morgan fingerprint density at radius 2 is 2.21 bits per heavy atom. The first-order chi connectivity index (χ1) is 9.13. The van der Waals surface area contributed by atoms with Crippen molar-refractivity contribution in [1.29, 1.82) is 0 Å². The molecule has 0 aromatic carbocycles. The molecule has 0 saturated carbocycles. The summed E-state index contributed by atoms with van der Waals surface area (Å²) in [4.78, 5) is 27.5.